The van der Waals surface area contributed by atoms with Crippen LogP contribution in [0, 0.1) is 0 Å². The molecule has 0 radical (unpaired) electrons. The lowest BCUT2D eigenvalue weighted by molar-refractivity contribution is 0.143. The van der Waals surface area contributed by atoms with Gasteiger partial charge in [-0.3, -0.25) is 0 Å². The third-order valence-corrected chi connectivity index (χ3v) is 2.84. The van der Waals surface area contributed by atoms with Crippen LogP contribution >= 0.6 is 11.6 Å². The molecule has 1 unspecified atom stereocenters. The molecule has 0 fully saturated rings. The first-order valence-corrected chi connectivity index (χ1v) is 5.02. The second-order valence-electron chi connectivity index (χ2n) is 3.42. The van der Waals surface area contributed by atoms with Crippen molar-refractivity contribution in [3.05, 3.63) is 16.7 Å². The van der Waals surface area contributed by atoms with Crippen LogP contribution in [0.4, 0.5) is 0 Å². The molecule has 1 aromatic heterocycles. The summed E-state index contributed by atoms with van der Waals surface area (Å²) in [4.78, 5) is 4.26. The smallest absolute Gasteiger partial charge is 0.150 e. The van der Waals surface area contributed by atoms with Crippen LogP contribution in [0.15, 0.2) is 0 Å². The van der Waals surface area contributed by atoms with E-state index in [-0.39, 0.29) is 6.10 Å². The number of hydrogen-bond acceptors (Lipinski definition) is 2. The molecule has 0 spiro atoms. The molecule has 0 aliphatic carbocycles. The number of fused-ring (bicyclic) bond motifs is 1. The molecule has 4 heteroatoms. The van der Waals surface area contributed by atoms with E-state index in [0.717, 1.165) is 30.9 Å². The van der Waals surface area contributed by atoms with E-state index in [1.807, 2.05) is 0 Å². The Kier molecular flexibility index (Phi) is 2.30. The van der Waals surface area contributed by atoms with E-state index in [9.17, 15) is 5.11 Å². The van der Waals surface area contributed by atoms with Crippen molar-refractivity contribution >= 4 is 11.6 Å². The first-order chi connectivity index (χ1) is 6.22. The number of nitrogens with zero attached hydrogens (tertiary/aromatic N) is 2. The summed E-state index contributed by atoms with van der Waals surface area (Å²) in [6.07, 6.45) is 2.11. The Morgan fingerprint density at radius 2 is 2.46 bits per heavy atom. The topological polar surface area (TPSA) is 38.0 Å². The minimum absolute atomic E-state index is 0.244. The molecule has 0 aromatic carbocycles. The number of aliphatic hydroxyl groups is 1. The van der Waals surface area contributed by atoms with Gasteiger partial charge in [-0.25, -0.2) is 4.98 Å². The maximum Gasteiger partial charge on any atom is 0.150 e. The van der Waals surface area contributed by atoms with Crippen LogP contribution in [0.1, 0.15) is 24.9 Å². The third-order valence-electron chi connectivity index (χ3n) is 2.53. The maximum atomic E-state index is 9.46. The number of aliphatic hydroxyl groups excluding tert-OH is 1. The van der Waals surface area contributed by atoms with E-state index >= 15 is 0 Å². The molecule has 1 aliphatic heterocycles. The first-order valence-electron chi connectivity index (χ1n) is 4.64. The molecule has 72 valence electrons. The van der Waals surface area contributed by atoms with Crippen molar-refractivity contribution in [1.29, 1.82) is 0 Å². The molecule has 1 N–H and O–H groups in total. The van der Waals surface area contributed by atoms with Gasteiger partial charge in [0.1, 0.15) is 5.82 Å². The third kappa shape index (κ3) is 1.46. The van der Waals surface area contributed by atoms with E-state index in [4.69, 9.17) is 11.6 Å². The summed E-state index contributed by atoms with van der Waals surface area (Å²) in [5.74, 6) is 1.03. The fourth-order valence-electron chi connectivity index (χ4n) is 1.84. The van der Waals surface area contributed by atoms with Crippen molar-refractivity contribution in [3.8, 4) is 0 Å². The maximum absolute atomic E-state index is 9.46. The monoisotopic (exact) mass is 200 g/mol. The molecule has 1 aliphatic rings. The molecule has 2 rings (SSSR count). The van der Waals surface area contributed by atoms with Crippen LogP contribution in [0.5, 0.6) is 0 Å². The summed E-state index contributed by atoms with van der Waals surface area (Å²) in [5, 5.41) is 10.0. The van der Waals surface area contributed by atoms with Gasteiger partial charge in [-0.1, -0.05) is 18.5 Å². The molecule has 1 aromatic rings. The van der Waals surface area contributed by atoms with Gasteiger partial charge in [-0.2, -0.15) is 0 Å². The number of hydrogen-bond donors (Lipinski definition) is 1. The van der Waals surface area contributed by atoms with Crippen molar-refractivity contribution in [2.24, 2.45) is 0 Å². The SMILES string of the molecule is CCc1nc(Cl)c2n1CCC(O)C2. The van der Waals surface area contributed by atoms with Crippen LogP contribution in [-0.4, -0.2) is 20.8 Å². The van der Waals surface area contributed by atoms with Gasteiger partial charge in [0, 0.05) is 19.4 Å². The number of imidazole rings is 1. The fraction of sp³-hybridized carbons (Fsp3) is 0.667. The van der Waals surface area contributed by atoms with E-state index in [0.29, 0.717) is 11.6 Å². The van der Waals surface area contributed by atoms with Crippen molar-refractivity contribution in [1.82, 2.24) is 9.55 Å². The fourth-order valence-corrected chi connectivity index (χ4v) is 2.11. The Morgan fingerprint density at radius 1 is 1.69 bits per heavy atom. The van der Waals surface area contributed by atoms with E-state index < -0.39 is 0 Å². The van der Waals surface area contributed by atoms with Gasteiger partial charge in [0.2, 0.25) is 0 Å². The number of aryl methyl sites for hydroxylation is 1. The van der Waals surface area contributed by atoms with Crippen molar-refractivity contribution in [2.45, 2.75) is 38.8 Å². The lowest BCUT2D eigenvalue weighted by Crippen LogP contribution is -2.23. The zero-order valence-corrected chi connectivity index (χ0v) is 8.38. The second kappa shape index (κ2) is 3.31. The highest BCUT2D eigenvalue weighted by Crippen LogP contribution is 2.24. The van der Waals surface area contributed by atoms with Crippen LogP contribution in [0.3, 0.4) is 0 Å². The summed E-state index contributed by atoms with van der Waals surface area (Å²) in [6, 6.07) is 0. The zero-order valence-electron chi connectivity index (χ0n) is 7.63. The highest BCUT2D eigenvalue weighted by Gasteiger charge is 2.22. The van der Waals surface area contributed by atoms with Crippen LogP contribution < -0.4 is 0 Å². The average Bonchev–Trinajstić information content (AvgIpc) is 2.43. The molecule has 0 saturated carbocycles. The van der Waals surface area contributed by atoms with E-state index in [1.165, 1.54) is 0 Å². The number of rotatable bonds is 1. The Morgan fingerprint density at radius 3 is 3.15 bits per heavy atom. The van der Waals surface area contributed by atoms with Gasteiger partial charge < -0.3 is 9.67 Å². The molecule has 0 saturated heterocycles. The Hall–Kier alpha value is -0.540. The normalized spacial score (nSPS) is 21.6. The Bertz CT molecular complexity index is 322. The molecule has 13 heavy (non-hydrogen) atoms. The predicted octanol–water partition coefficient (Wildman–Crippen LogP) is 1.41. The lowest BCUT2D eigenvalue weighted by Gasteiger charge is -2.20. The Labute approximate surface area is 82.4 Å². The highest BCUT2D eigenvalue weighted by molar-refractivity contribution is 6.30. The van der Waals surface area contributed by atoms with Crippen molar-refractivity contribution in [2.75, 3.05) is 0 Å². The summed E-state index contributed by atoms with van der Waals surface area (Å²) < 4.78 is 2.13. The largest absolute Gasteiger partial charge is 0.393 e. The molecule has 0 bridgehead atoms. The van der Waals surface area contributed by atoms with Crippen molar-refractivity contribution in [3.63, 3.8) is 0 Å². The summed E-state index contributed by atoms with van der Waals surface area (Å²) in [5.41, 5.74) is 0.997. The van der Waals surface area contributed by atoms with E-state index in [2.05, 4.69) is 16.5 Å². The molecule has 2 heterocycles. The molecule has 1 atom stereocenters. The molecule has 3 nitrogen and oxygen atoms in total. The van der Waals surface area contributed by atoms with Gasteiger partial charge in [-0.15, -0.1) is 0 Å². The quantitative estimate of drug-likeness (QED) is 0.745. The average molecular weight is 201 g/mol. The lowest BCUT2D eigenvalue weighted by atomic mass is 10.1. The minimum Gasteiger partial charge on any atom is -0.393 e. The van der Waals surface area contributed by atoms with Gasteiger partial charge in [0.15, 0.2) is 5.15 Å². The molecule has 0 amide bonds. The summed E-state index contributed by atoms with van der Waals surface area (Å²) >= 11 is 5.96. The number of aromatic nitrogens is 2. The highest BCUT2D eigenvalue weighted by atomic mass is 35.5. The standard InChI is InChI=1S/C9H13ClN2O/c1-2-8-11-9(10)7-5-6(13)3-4-12(7)8/h6,13H,2-5H2,1H3. The molecular weight excluding hydrogens is 188 g/mol. The van der Waals surface area contributed by atoms with Crippen LogP contribution in [-0.2, 0) is 19.4 Å². The Balaban J connectivity index is 2.42. The zero-order chi connectivity index (χ0) is 9.42. The minimum atomic E-state index is -0.244. The molecular formula is C9H13ClN2O. The summed E-state index contributed by atoms with van der Waals surface area (Å²) in [6.45, 7) is 2.91. The van der Waals surface area contributed by atoms with Gasteiger partial charge in [0.05, 0.1) is 11.8 Å². The van der Waals surface area contributed by atoms with Crippen LogP contribution in [0.25, 0.3) is 0 Å². The second-order valence-corrected chi connectivity index (χ2v) is 3.78. The summed E-state index contributed by atoms with van der Waals surface area (Å²) in [7, 11) is 0. The van der Waals surface area contributed by atoms with Gasteiger partial charge in [-0.05, 0) is 6.42 Å². The van der Waals surface area contributed by atoms with Crippen molar-refractivity contribution < 1.29 is 5.11 Å². The van der Waals surface area contributed by atoms with E-state index in [1.54, 1.807) is 0 Å². The van der Waals surface area contributed by atoms with Gasteiger partial charge in [0.25, 0.3) is 0 Å². The van der Waals surface area contributed by atoms with Gasteiger partial charge >= 0.3 is 0 Å². The van der Waals surface area contributed by atoms with Crippen LogP contribution in [0.2, 0.25) is 5.15 Å². The predicted molar refractivity (Wildman–Crippen MR) is 50.9 cm³/mol. The first kappa shape index (κ1) is 9.03. The number of halogens is 1.